The summed E-state index contributed by atoms with van der Waals surface area (Å²) < 4.78 is 40.8. The first-order chi connectivity index (χ1) is 14.0. The summed E-state index contributed by atoms with van der Waals surface area (Å²) in [5.74, 6) is -1.71. The molecule has 0 radical (unpaired) electrons. The van der Waals surface area contributed by atoms with Crippen molar-refractivity contribution in [3.8, 4) is 11.5 Å². The van der Waals surface area contributed by atoms with Crippen LogP contribution in [0.2, 0.25) is 0 Å². The van der Waals surface area contributed by atoms with Crippen molar-refractivity contribution < 1.29 is 23.0 Å². The van der Waals surface area contributed by atoms with Gasteiger partial charge in [-0.1, -0.05) is 18.2 Å². The molecular formula is C21H19F2N3O3. The Morgan fingerprint density at radius 1 is 1.14 bits per heavy atom. The van der Waals surface area contributed by atoms with Crippen LogP contribution in [0, 0.1) is 11.6 Å². The lowest BCUT2D eigenvalue weighted by Gasteiger charge is -2.25. The van der Waals surface area contributed by atoms with E-state index in [1.54, 1.807) is 18.0 Å². The topological polar surface area (TPSA) is 65.4 Å². The molecule has 0 saturated heterocycles. The van der Waals surface area contributed by atoms with Gasteiger partial charge in [0.1, 0.15) is 17.3 Å². The summed E-state index contributed by atoms with van der Waals surface area (Å²) in [6, 6.07) is 9.83. The number of methoxy groups -OCH3 is 2. The van der Waals surface area contributed by atoms with Gasteiger partial charge in [0.2, 0.25) is 5.91 Å². The van der Waals surface area contributed by atoms with Gasteiger partial charge in [-0.2, -0.15) is 5.10 Å². The number of aromatic nitrogens is 2. The van der Waals surface area contributed by atoms with Gasteiger partial charge in [0.05, 0.1) is 27.0 Å². The van der Waals surface area contributed by atoms with E-state index in [1.807, 2.05) is 24.3 Å². The number of carbonyl (C=O) groups excluding carboxylic acids is 1. The summed E-state index contributed by atoms with van der Waals surface area (Å²) in [5.41, 5.74) is 1.48. The van der Waals surface area contributed by atoms with Gasteiger partial charge in [-0.25, -0.2) is 13.5 Å². The third kappa shape index (κ3) is 3.30. The highest BCUT2D eigenvalue weighted by Crippen LogP contribution is 2.42. The van der Waals surface area contributed by atoms with Crippen LogP contribution in [0.5, 0.6) is 11.5 Å². The van der Waals surface area contributed by atoms with Gasteiger partial charge < -0.3 is 14.8 Å². The molecule has 150 valence electrons. The van der Waals surface area contributed by atoms with E-state index in [2.05, 4.69) is 10.4 Å². The van der Waals surface area contributed by atoms with Gasteiger partial charge in [0.15, 0.2) is 11.6 Å². The number of carbonyl (C=O) groups is 1. The Hall–Kier alpha value is -3.42. The summed E-state index contributed by atoms with van der Waals surface area (Å²) in [5, 5.41) is 7.18. The van der Waals surface area contributed by atoms with Gasteiger partial charge >= 0.3 is 0 Å². The second-order valence-corrected chi connectivity index (χ2v) is 6.70. The summed E-state index contributed by atoms with van der Waals surface area (Å²) in [7, 11) is 2.96. The largest absolute Gasteiger partial charge is 0.496 e. The Balaban J connectivity index is 1.79. The Bertz CT molecular complexity index is 1080. The molecule has 1 aromatic heterocycles. The Morgan fingerprint density at radius 2 is 1.90 bits per heavy atom. The van der Waals surface area contributed by atoms with Crippen molar-refractivity contribution in [1.29, 1.82) is 0 Å². The summed E-state index contributed by atoms with van der Waals surface area (Å²) in [4.78, 5) is 12.4. The molecule has 1 aliphatic rings. The number of halogens is 2. The van der Waals surface area contributed by atoms with Crippen LogP contribution in [-0.2, 0) is 11.3 Å². The van der Waals surface area contributed by atoms with E-state index in [1.165, 1.54) is 13.2 Å². The van der Waals surface area contributed by atoms with Crippen LogP contribution < -0.4 is 14.8 Å². The summed E-state index contributed by atoms with van der Waals surface area (Å²) in [6.45, 7) is 0.342. The van der Waals surface area contributed by atoms with Gasteiger partial charge in [0, 0.05) is 29.0 Å². The first-order valence-corrected chi connectivity index (χ1v) is 9.02. The monoisotopic (exact) mass is 399 g/mol. The Labute approximate surface area is 166 Å². The minimum Gasteiger partial charge on any atom is -0.496 e. The molecule has 29 heavy (non-hydrogen) atoms. The van der Waals surface area contributed by atoms with Crippen LogP contribution in [-0.4, -0.2) is 29.9 Å². The lowest BCUT2D eigenvalue weighted by molar-refractivity contribution is -0.116. The predicted molar refractivity (Wildman–Crippen MR) is 102 cm³/mol. The zero-order chi connectivity index (χ0) is 20.5. The van der Waals surface area contributed by atoms with E-state index in [4.69, 9.17) is 9.47 Å². The lowest BCUT2D eigenvalue weighted by atomic mass is 9.86. The van der Waals surface area contributed by atoms with E-state index in [0.29, 0.717) is 23.7 Å². The molecule has 1 amide bonds. The molecule has 0 fully saturated rings. The minimum atomic E-state index is -1.02. The van der Waals surface area contributed by atoms with Crippen LogP contribution in [0.25, 0.3) is 0 Å². The van der Waals surface area contributed by atoms with Crippen molar-refractivity contribution in [1.82, 2.24) is 9.78 Å². The number of nitrogens with one attached hydrogen (secondary N) is 1. The summed E-state index contributed by atoms with van der Waals surface area (Å²) in [6.07, 6.45) is 1.53. The second kappa shape index (κ2) is 7.54. The first-order valence-electron chi connectivity index (χ1n) is 9.02. The van der Waals surface area contributed by atoms with Crippen LogP contribution in [0.15, 0.2) is 42.6 Å². The highest BCUT2D eigenvalue weighted by molar-refractivity contribution is 5.94. The maximum Gasteiger partial charge on any atom is 0.226 e. The quantitative estimate of drug-likeness (QED) is 0.711. The molecule has 2 aromatic carbocycles. The molecule has 0 bridgehead atoms. The number of benzene rings is 2. The zero-order valence-electron chi connectivity index (χ0n) is 15.9. The van der Waals surface area contributed by atoms with Crippen molar-refractivity contribution in [2.45, 2.75) is 18.9 Å². The van der Waals surface area contributed by atoms with Crippen LogP contribution in [0.1, 0.15) is 29.0 Å². The number of hydrogen-bond acceptors (Lipinski definition) is 4. The average molecular weight is 399 g/mol. The molecule has 4 rings (SSSR count). The number of fused-ring (bicyclic) bond motifs is 1. The van der Waals surface area contributed by atoms with Gasteiger partial charge in [-0.15, -0.1) is 0 Å². The number of amides is 1. The first kappa shape index (κ1) is 18.9. The predicted octanol–water partition coefficient (Wildman–Crippen LogP) is 3.70. The normalized spacial score (nSPS) is 15.6. The van der Waals surface area contributed by atoms with Gasteiger partial charge in [0.25, 0.3) is 0 Å². The standard InChI is InChI=1S/C21H19F2N3O3/c1-28-16-6-4-3-5-12(16)11-26-21-14(10-24-26)13(9-18(27)25-21)19-17(29-2)8-7-15(22)20(19)23/h3-8,10,13H,9,11H2,1-2H3,(H,25,27). The fourth-order valence-corrected chi connectivity index (χ4v) is 3.69. The number of rotatable bonds is 5. The van der Waals surface area contributed by atoms with Gasteiger partial charge in [-0.3, -0.25) is 4.79 Å². The molecule has 6 nitrogen and oxygen atoms in total. The van der Waals surface area contributed by atoms with E-state index in [-0.39, 0.29) is 23.6 Å². The molecule has 8 heteroatoms. The van der Waals surface area contributed by atoms with Crippen LogP contribution >= 0.6 is 0 Å². The highest BCUT2D eigenvalue weighted by atomic mass is 19.2. The van der Waals surface area contributed by atoms with E-state index < -0.39 is 17.6 Å². The van der Waals surface area contributed by atoms with Crippen molar-refractivity contribution in [3.63, 3.8) is 0 Å². The van der Waals surface area contributed by atoms with E-state index in [9.17, 15) is 13.6 Å². The highest BCUT2D eigenvalue weighted by Gasteiger charge is 2.34. The van der Waals surface area contributed by atoms with Crippen LogP contribution in [0.4, 0.5) is 14.6 Å². The smallest absolute Gasteiger partial charge is 0.226 e. The molecule has 2 heterocycles. The van der Waals surface area contributed by atoms with Gasteiger partial charge in [-0.05, 0) is 18.2 Å². The molecule has 0 spiro atoms. The zero-order valence-corrected chi connectivity index (χ0v) is 15.9. The van der Waals surface area contributed by atoms with Crippen molar-refractivity contribution in [2.24, 2.45) is 0 Å². The molecule has 1 N–H and O–H groups in total. The molecule has 0 saturated carbocycles. The minimum absolute atomic E-state index is 0.0143. The molecule has 1 unspecified atom stereocenters. The van der Waals surface area contributed by atoms with Crippen molar-refractivity contribution in [3.05, 3.63) is 70.9 Å². The van der Waals surface area contributed by atoms with Crippen molar-refractivity contribution in [2.75, 3.05) is 19.5 Å². The number of anilines is 1. The average Bonchev–Trinajstić information content (AvgIpc) is 3.12. The fourth-order valence-electron chi connectivity index (χ4n) is 3.69. The molecule has 1 atom stereocenters. The van der Waals surface area contributed by atoms with Crippen LogP contribution in [0.3, 0.4) is 0 Å². The SMILES string of the molecule is COc1ccccc1Cn1ncc2c1NC(=O)CC2c1c(OC)ccc(F)c1F. The molecule has 0 aliphatic carbocycles. The molecular weight excluding hydrogens is 380 g/mol. The second-order valence-electron chi connectivity index (χ2n) is 6.70. The molecule has 3 aromatic rings. The maximum absolute atomic E-state index is 14.7. The van der Waals surface area contributed by atoms with E-state index >= 15 is 0 Å². The number of hydrogen-bond donors (Lipinski definition) is 1. The lowest BCUT2D eigenvalue weighted by Crippen LogP contribution is -2.26. The Morgan fingerprint density at radius 3 is 2.66 bits per heavy atom. The Kier molecular flexibility index (Phi) is 4.92. The summed E-state index contributed by atoms with van der Waals surface area (Å²) >= 11 is 0. The fraction of sp³-hybridized carbons (Fsp3) is 0.238. The van der Waals surface area contributed by atoms with E-state index in [0.717, 1.165) is 11.6 Å². The molecule has 1 aliphatic heterocycles. The number of para-hydroxylation sites is 1. The maximum atomic E-state index is 14.7. The third-order valence-electron chi connectivity index (χ3n) is 5.06. The third-order valence-corrected chi connectivity index (χ3v) is 5.06. The van der Waals surface area contributed by atoms with Crippen molar-refractivity contribution >= 4 is 11.7 Å². The number of nitrogens with zero attached hydrogens (tertiary/aromatic N) is 2. The number of ether oxygens (including phenoxy) is 2.